The minimum atomic E-state index is -0.593. The fraction of sp³-hybridized carbons (Fsp3) is 0.182. The summed E-state index contributed by atoms with van der Waals surface area (Å²) in [5, 5.41) is 4.43. The fourth-order valence-corrected chi connectivity index (χ4v) is 16.0. The first-order chi connectivity index (χ1) is 48.8. The van der Waals surface area contributed by atoms with Crippen LogP contribution in [0.2, 0.25) is 0 Å². The summed E-state index contributed by atoms with van der Waals surface area (Å²) in [7, 11) is 0. The van der Waals surface area contributed by atoms with Crippen LogP contribution in [0.1, 0.15) is 119 Å². The van der Waals surface area contributed by atoms with Gasteiger partial charge in [0.15, 0.2) is 0 Å². The molecule has 0 atom stereocenters. The van der Waals surface area contributed by atoms with Crippen molar-refractivity contribution in [2.75, 3.05) is 9.80 Å². The molecule has 0 amide bonds. The van der Waals surface area contributed by atoms with Crippen LogP contribution in [0.3, 0.4) is 0 Å². The quantitative estimate of drug-likeness (QED) is 0.147. The summed E-state index contributed by atoms with van der Waals surface area (Å²) < 4.78 is 96.8. The number of hydrogen-bond donors (Lipinski definition) is 0. The van der Waals surface area contributed by atoms with Crippen LogP contribution in [-0.4, -0.2) is 11.3 Å². The average molecular weight is 1230 g/mol. The van der Waals surface area contributed by atoms with E-state index < -0.39 is 43.0 Å². The van der Waals surface area contributed by atoms with Crippen molar-refractivity contribution in [1.29, 1.82) is 0 Å². The first-order valence-corrected chi connectivity index (χ1v) is 33.2. The van der Waals surface area contributed by atoms with E-state index in [9.17, 15) is 5.48 Å². The summed E-state index contributed by atoms with van der Waals surface area (Å²) in [5.74, 6) is 0. The minimum Gasteiger partial charge on any atom is -0.310 e. The fourth-order valence-electron chi connectivity index (χ4n) is 14.5. The van der Waals surface area contributed by atoms with Crippen molar-refractivity contribution < 1.29 is 13.7 Å². The van der Waals surface area contributed by atoms with E-state index in [0.29, 0.717) is 16.8 Å². The summed E-state index contributed by atoms with van der Waals surface area (Å²) in [6.45, 7) is 26.5. The normalized spacial score (nSPS) is 14.8. The highest BCUT2D eigenvalue weighted by Crippen LogP contribution is 2.55. The molecule has 2 aromatic heterocycles. The Morgan fingerprint density at radius 3 is 1.31 bits per heavy atom. The number of benzene rings is 12. The van der Waals surface area contributed by atoms with Crippen LogP contribution in [0.25, 0.3) is 92.2 Å². The Morgan fingerprint density at radius 1 is 0.344 bits per heavy atom. The molecule has 2 aliphatic rings. The van der Waals surface area contributed by atoms with E-state index in [0.717, 1.165) is 116 Å². The van der Waals surface area contributed by atoms with Gasteiger partial charge in [0.25, 0.3) is 6.71 Å². The standard InChI is InChI=1S/C88H78BN3S/c1-85(2,3)61-41-45-74-69(49-61)70-50-62(86(4,5)6)42-46-75(70)90(74)64-53-79-81-80(54-64)92(82-67(57-31-21-15-22-32-57)51-63(87(7,8)9)52-68(82)58-33-23-16-24-34-58)78-48-60(56-29-19-14-20-30-56)40-44-73(78)89(81)72-43-39-59(55-27-17-13-18-28-55)47-77(72)91(79)76-38-26-36-66-65-35-25-37-71(88(10,11)12)83(65)93-84(66)76/h13-54H,1-12H3/i13D,14D,17D,18D,19D,20D,27D,28D,29D,30D. The highest BCUT2D eigenvalue weighted by molar-refractivity contribution is 7.26. The summed E-state index contributed by atoms with van der Waals surface area (Å²) in [5.41, 5.74) is 19.1. The van der Waals surface area contributed by atoms with Crippen LogP contribution in [0.5, 0.6) is 0 Å². The number of hydrogen-bond acceptors (Lipinski definition) is 3. The van der Waals surface area contributed by atoms with Crippen LogP contribution in [-0.2, 0) is 21.7 Å². The van der Waals surface area contributed by atoms with E-state index >= 15 is 0 Å². The molecule has 16 rings (SSSR count). The molecule has 0 bridgehead atoms. The van der Waals surface area contributed by atoms with E-state index in [1.54, 1.807) is 11.3 Å². The third-order valence-electron chi connectivity index (χ3n) is 19.3. The number of nitrogens with zero attached hydrogens (tertiary/aromatic N) is 3. The molecule has 0 aliphatic carbocycles. The molecule has 454 valence electrons. The van der Waals surface area contributed by atoms with Crippen molar-refractivity contribution in [1.82, 2.24) is 4.57 Å². The Kier molecular flexibility index (Phi) is 11.1. The van der Waals surface area contributed by atoms with Gasteiger partial charge >= 0.3 is 0 Å². The number of thiophene rings is 1. The van der Waals surface area contributed by atoms with Crippen molar-refractivity contribution >= 4 is 111 Å². The van der Waals surface area contributed by atoms with Gasteiger partial charge in [-0.2, -0.15) is 0 Å². The smallest absolute Gasteiger partial charge is 0.252 e. The average Bonchev–Trinajstić information content (AvgIpc) is 1.36. The van der Waals surface area contributed by atoms with Crippen LogP contribution in [0.15, 0.2) is 255 Å². The van der Waals surface area contributed by atoms with Crippen molar-refractivity contribution in [3.05, 3.63) is 277 Å². The lowest BCUT2D eigenvalue weighted by Gasteiger charge is -2.45. The SMILES string of the molecule is [2H]c1c([2H])c([2H])c(-c2ccc3c(c2)N(c2c(-c4ccccc4)cc(C(C)(C)C)cc2-c2ccccc2)c2cc(-n4c5ccc(C(C)(C)C)cc5c5cc(C(C)(C)C)ccc54)cc4c2B3c2ccc(-c3c([2H])c([2H])c([2H])c([2H])c3[2H])cc2N4c2cccc3c2sc2c(C(C)(C)C)cccc23)c([2H])c1[2H]. The van der Waals surface area contributed by atoms with Gasteiger partial charge in [0.2, 0.25) is 0 Å². The topological polar surface area (TPSA) is 11.4 Å². The van der Waals surface area contributed by atoms with Gasteiger partial charge in [-0.25, -0.2) is 0 Å². The summed E-state index contributed by atoms with van der Waals surface area (Å²) >= 11 is 1.77. The van der Waals surface area contributed by atoms with Gasteiger partial charge in [0.1, 0.15) is 0 Å². The summed E-state index contributed by atoms with van der Waals surface area (Å²) in [6.07, 6.45) is 0. The van der Waals surface area contributed by atoms with E-state index in [2.05, 4.69) is 255 Å². The Labute approximate surface area is 567 Å². The number of rotatable bonds is 7. The van der Waals surface area contributed by atoms with Gasteiger partial charge in [0.05, 0.1) is 46.5 Å². The maximum atomic E-state index is 9.61. The molecule has 0 unspecified atom stereocenters. The molecule has 5 heteroatoms. The number of anilines is 6. The molecule has 2 aliphatic heterocycles. The van der Waals surface area contributed by atoms with Crippen LogP contribution < -0.4 is 26.2 Å². The van der Waals surface area contributed by atoms with E-state index in [4.69, 9.17) is 8.22 Å². The second kappa shape index (κ2) is 21.4. The highest BCUT2D eigenvalue weighted by atomic mass is 32.1. The Morgan fingerprint density at radius 2 is 0.817 bits per heavy atom. The Bertz CT molecular complexity index is 5760. The molecule has 14 aromatic rings. The van der Waals surface area contributed by atoms with Gasteiger partial charge in [-0.05, 0) is 160 Å². The molecule has 4 heterocycles. The molecule has 93 heavy (non-hydrogen) atoms. The lowest BCUT2D eigenvalue weighted by atomic mass is 9.33. The molecule has 0 spiro atoms. The highest BCUT2D eigenvalue weighted by Gasteiger charge is 2.46. The predicted octanol–water partition coefficient (Wildman–Crippen LogP) is 23.1. The second-order valence-corrected chi connectivity index (χ2v) is 30.5. The van der Waals surface area contributed by atoms with E-state index in [1.165, 1.54) is 21.4 Å². The molecule has 0 fully saturated rings. The van der Waals surface area contributed by atoms with Gasteiger partial charge in [-0.15, -0.1) is 11.3 Å². The summed E-state index contributed by atoms with van der Waals surface area (Å²) in [4.78, 5) is 4.79. The van der Waals surface area contributed by atoms with E-state index in [1.807, 2.05) is 36.4 Å². The van der Waals surface area contributed by atoms with Gasteiger partial charge < -0.3 is 14.4 Å². The van der Waals surface area contributed by atoms with Crippen LogP contribution in [0.4, 0.5) is 34.1 Å². The van der Waals surface area contributed by atoms with Gasteiger partial charge in [-0.1, -0.05) is 271 Å². The Hall–Kier alpha value is -9.68. The van der Waals surface area contributed by atoms with Crippen molar-refractivity contribution in [3.63, 3.8) is 0 Å². The lowest BCUT2D eigenvalue weighted by Crippen LogP contribution is -2.61. The van der Waals surface area contributed by atoms with Gasteiger partial charge in [-0.3, -0.25) is 0 Å². The third kappa shape index (κ3) is 9.67. The molecule has 0 radical (unpaired) electrons. The van der Waals surface area contributed by atoms with Crippen molar-refractivity contribution in [2.24, 2.45) is 0 Å². The van der Waals surface area contributed by atoms with Crippen LogP contribution in [0, 0.1) is 0 Å². The molecular formula is C88H78BN3S. The zero-order valence-corrected chi connectivity index (χ0v) is 55.6. The van der Waals surface area contributed by atoms with Gasteiger partial charge in [0, 0.05) is 60.1 Å². The number of aromatic nitrogens is 1. The minimum absolute atomic E-state index is 0.0719. The second-order valence-electron chi connectivity index (χ2n) is 29.4. The lowest BCUT2D eigenvalue weighted by molar-refractivity contribution is 0.590. The first kappa shape index (κ1) is 48.1. The molecule has 0 saturated heterocycles. The predicted molar refractivity (Wildman–Crippen MR) is 404 cm³/mol. The molecule has 12 aromatic carbocycles. The molecular weight excluding hydrogens is 1140 g/mol. The monoisotopic (exact) mass is 1230 g/mol. The molecule has 3 nitrogen and oxygen atoms in total. The maximum Gasteiger partial charge on any atom is 0.252 e. The number of fused-ring (bicyclic) bond motifs is 10. The molecule has 0 N–H and O–H groups in total. The van der Waals surface area contributed by atoms with Crippen molar-refractivity contribution in [3.8, 4) is 50.2 Å². The largest absolute Gasteiger partial charge is 0.310 e. The maximum absolute atomic E-state index is 9.61. The van der Waals surface area contributed by atoms with Crippen molar-refractivity contribution in [2.45, 2.75) is 105 Å². The molecule has 0 saturated carbocycles. The summed E-state index contributed by atoms with van der Waals surface area (Å²) in [6, 6.07) is 65.5. The van der Waals surface area contributed by atoms with Crippen LogP contribution >= 0.6 is 11.3 Å². The first-order valence-electron chi connectivity index (χ1n) is 37.4. The zero-order valence-electron chi connectivity index (χ0n) is 64.8. The third-order valence-corrected chi connectivity index (χ3v) is 20.6. The zero-order chi connectivity index (χ0) is 72.7. The Balaban J connectivity index is 1.14. The van der Waals surface area contributed by atoms with E-state index in [-0.39, 0.29) is 57.0 Å².